The molecular weight excluding hydrogens is 580 g/mol. The summed E-state index contributed by atoms with van der Waals surface area (Å²) in [6.07, 6.45) is 8.64. The molecule has 0 atom stereocenters. The molecule has 1 amide bonds. The van der Waals surface area contributed by atoms with Gasteiger partial charge < -0.3 is 10.3 Å². The van der Waals surface area contributed by atoms with Gasteiger partial charge in [-0.05, 0) is 72.3 Å². The second-order valence-electron chi connectivity index (χ2n) is 9.48. The van der Waals surface area contributed by atoms with E-state index in [-0.39, 0.29) is 5.91 Å². The smallest absolute Gasteiger partial charge is 0.256 e. The minimum atomic E-state index is -0.259. The van der Waals surface area contributed by atoms with Crippen LogP contribution < -0.4 is 5.32 Å². The van der Waals surface area contributed by atoms with Crippen molar-refractivity contribution in [1.29, 1.82) is 0 Å². The van der Waals surface area contributed by atoms with E-state index < -0.39 is 0 Å². The van der Waals surface area contributed by atoms with Gasteiger partial charge in [-0.3, -0.25) is 14.8 Å². The molecule has 0 aliphatic rings. The molecule has 2 N–H and O–H groups in total. The summed E-state index contributed by atoms with van der Waals surface area (Å²) in [5.41, 5.74) is 6.90. The van der Waals surface area contributed by atoms with E-state index in [1.54, 1.807) is 41.7 Å². The number of fused-ring (bicyclic) bond motifs is 2. The first-order chi connectivity index (χ1) is 20.1. The van der Waals surface area contributed by atoms with E-state index in [1.165, 1.54) is 0 Å². The van der Waals surface area contributed by atoms with E-state index in [2.05, 4.69) is 46.3 Å². The van der Waals surface area contributed by atoms with Gasteiger partial charge in [0.1, 0.15) is 5.82 Å². The van der Waals surface area contributed by atoms with E-state index in [1.807, 2.05) is 66.7 Å². The number of halogens is 1. The van der Waals surface area contributed by atoms with Crippen molar-refractivity contribution in [2.75, 3.05) is 5.32 Å². The van der Waals surface area contributed by atoms with Crippen LogP contribution in [-0.2, 0) is 6.54 Å². The Labute approximate surface area is 242 Å². The SMILES string of the molecule is O=C(Nc1ccc(-c2nc3ccc(Br)cc3[nH]2)cc1)c1cc(-c2cccnc2)nc2c1cnn2Cc1cccnc1. The molecule has 5 heterocycles. The molecule has 0 radical (unpaired) electrons. The van der Waals surface area contributed by atoms with Crippen molar-refractivity contribution in [2.45, 2.75) is 6.54 Å². The number of amides is 1. The van der Waals surface area contributed by atoms with Gasteiger partial charge in [0.2, 0.25) is 0 Å². The molecule has 0 aliphatic heterocycles. The van der Waals surface area contributed by atoms with Gasteiger partial charge in [-0.2, -0.15) is 5.10 Å². The highest BCUT2D eigenvalue weighted by molar-refractivity contribution is 9.10. The zero-order valence-corrected chi connectivity index (χ0v) is 23.1. The van der Waals surface area contributed by atoms with Crippen molar-refractivity contribution in [1.82, 2.24) is 34.7 Å². The maximum atomic E-state index is 13.7. The number of nitrogens with one attached hydrogen (secondary N) is 2. The molecule has 7 rings (SSSR count). The number of hydrogen-bond acceptors (Lipinski definition) is 6. The van der Waals surface area contributed by atoms with E-state index in [4.69, 9.17) is 4.98 Å². The Hall–Kier alpha value is -5.22. The van der Waals surface area contributed by atoms with Crippen molar-refractivity contribution in [3.05, 3.63) is 119 Å². The second-order valence-corrected chi connectivity index (χ2v) is 10.4. The Morgan fingerprint density at radius 3 is 2.49 bits per heavy atom. The van der Waals surface area contributed by atoms with Crippen LogP contribution >= 0.6 is 15.9 Å². The molecule has 0 saturated heterocycles. The zero-order chi connectivity index (χ0) is 27.8. The summed E-state index contributed by atoms with van der Waals surface area (Å²) in [6.45, 7) is 0.474. The second kappa shape index (κ2) is 10.4. The molecule has 0 unspecified atom stereocenters. The van der Waals surface area contributed by atoms with E-state index in [0.717, 1.165) is 38.0 Å². The number of hydrogen-bond donors (Lipinski definition) is 2. The van der Waals surface area contributed by atoms with Gasteiger partial charge in [0.25, 0.3) is 5.91 Å². The Kier molecular flexibility index (Phi) is 6.29. The number of rotatable bonds is 6. The van der Waals surface area contributed by atoms with E-state index in [0.29, 0.717) is 34.5 Å². The lowest BCUT2D eigenvalue weighted by Gasteiger charge is -2.10. The highest BCUT2D eigenvalue weighted by atomic mass is 79.9. The Bertz CT molecular complexity index is 2020. The van der Waals surface area contributed by atoms with Gasteiger partial charge >= 0.3 is 0 Å². The first-order valence-corrected chi connectivity index (χ1v) is 13.6. The maximum Gasteiger partial charge on any atom is 0.256 e. The fourth-order valence-corrected chi connectivity index (χ4v) is 5.07. The van der Waals surface area contributed by atoms with Crippen molar-refractivity contribution in [3.63, 3.8) is 0 Å². The lowest BCUT2D eigenvalue weighted by Crippen LogP contribution is -2.13. The molecule has 7 aromatic rings. The topological polar surface area (TPSA) is 114 Å². The number of H-pyrrole nitrogens is 1. The van der Waals surface area contributed by atoms with Gasteiger partial charge in [-0.25, -0.2) is 14.6 Å². The standard InChI is InChI=1S/C31H21BrN8O/c32-22-7-10-26-28(13-22)38-29(37-26)20-5-8-23(9-6-20)36-31(41)24-14-27(21-4-2-12-34-16-21)39-30-25(24)17-35-40(30)18-19-3-1-11-33-15-19/h1-17H,18H2,(H,36,41)(H,37,38). The molecule has 10 heteroatoms. The third kappa shape index (κ3) is 4.96. The van der Waals surface area contributed by atoms with Gasteiger partial charge in [0.15, 0.2) is 5.65 Å². The summed E-state index contributed by atoms with van der Waals surface area (Å²) in [5.74, 6) is 0.499. The van der Waals surface area contributed by atoms with Crippen LogP contribution in [0.3, 0.4) is 0 Å². The third-order valence-electron chi connectivity index (χ3n) is 6.73. The predicted molar refractivity (Wildman–Crippen MR) is 161 cm³/mol. The average molecular weight is 601 g/mol. The lowest BCUT2D eigenvalue weighted by atomic mass is 10.1. The van der Waals surface area contributed by atoms with Crippen molar-refractivity contribution in [3.8, 4) is 22.6 Å². The van der Waals surface area contributed by atoms with Crippen molar-refractivity contribution < 1.29 is 4.79 Å². The van der Waals surface area contributed by atoms with Crippen LogP contribution in [0.1, 0.15) is 15.9 Å². The molecular formula is C31H21BrN8O. The van der Waals surface area contributed by atoms with Crippen LogP contribution in [0.25, 0.3) is 44.7 Å². The monoisotopic (exact) mass is 600 g/mol. The normalized spacial score (nSPS) is 11.2. The predicted octanol–water partition coefficient (Wildman–Crippen LogP) is 6.49. The fraction of sp³-hybridized carbons (Fsp3) is 0.0323. The number of nitrogens with zero attached hydrogens (tertiary/aromatic N) is 6. The number of carbonyl (C=O) groups excluding carboxylic acids is 1. The maximum absolute atomic E-state index is 13.7. The fourth-order valence-electron chi connectivity index (χ4n) is 4.71. The molecule has 9 nitrogen and oxygen atoms in total. The lowest BCUT2D eigenvalue weighted by molar-refractivity contribution is 0.102. The number of aromatic amines is 1. The van der Waals surface area contributed by atoms with Crippen LogP contribution in [-0.4, -0.2) is 40.6 Å². The van der Waals surface area contributed by atoms with Gasteiger partial charge in [0, 0.05) is 46.1 Å². The van der Waals surface area contributed by atoms with Gasteiger partial charge in [-0.1, -0.05) is 22.0 Å². The highest BCUT2D eigenvalue weighted by Gasteiger charge is 2.18. The van der Waals surface area contributed by atoms with Crippen LogP contribution in [0.2, 0.25) is 0 Å². The number of imidazole rings is 1. The number of pyridine rings is 3. The quantitative estimate of drug-likeness (QED) is 0.225. The highest BCUT2D eigenvalue weighted by Crippen LogP contribution is 2.27. The molecule has 198 valence electrons. The Morgan fingerprint density at radius 2 is 1.71 bits per heavy atom. The molecule has 2 aromatic carbocycles. The van der Waals surface area contributed by atoms with Gasteiger partial charge in [0.05, 0.1) is 40.4 Å². The molecule has 0 aliphatic carbocycles. The average Bonchev–Trinajstić information content (AvgIpc) is 3.62. The summed E-state index contributed by atoms with van der Waals surface area (Å²) in [7, 11) is 0. The number of carbonyl (C=O) groups is 1. The third-order valence-corrected chi connectivity index (χ3v) is 7.22. The molecule has 41 heavy (non-hydrogen) atoms. The molecule has 0 spiro atoms. The van der Waals surface area contributed by atoms with Crippen LogP contribution in [0.5, 0.6) is 0 Å². The molecule has 5 aromatic heterocycles. The van der Waals surface area contributed by atoms with Crippen LogP contribution in [0.15, 0.2) is 108 Å². The first-order valence-electron chi connectivity index (χ1n) is 12.8. The van der Waals surface area contributed by atoms with Crippen LogP contribution in [0.4, 0.5) is 5.69 Å². The van der Waals surface area contributed by atoms with Gasteiger partial charge in [-0.15, -0.1) is 0 Å². The largest absolute Gasteiger partial charge is 0.338 e. The zero-order valence-electron chi connectivity index (χ0n) is 21.5. The van der Waals surface area contributed by atoms with Crippen molar-refractivity contribution >= 4 is 49.6 Å². The number of aromatic nitrogens is 7. The first kappa shape index (κ1) is 24.8. The van der Waals surface area contributed by atoms with Crippen molar-refractivity contribution in [2.24, 2.45) is 0 Å². The summed E-state index contributed by atoms with van der Waals surface area (Å²) >= 11 is 3.50. The summed E-state index contributed by atoms with van der Waals surface area (Å²) in [5, 5.41) is 8.25. The van der Waals surface area contributed by atoms with E-state index in [9.17, 15) is 4.79 Å². The summed E-state index contributed by atoms with van der Waals surface area (Å²) in [4.78, 5) is 35.0. The Morgan fingerprint density at radius 1 is 0.878 bits per heavy atom. The number of anilines is 1. The minimum Gasteiger partial charge on any atom is -0.338 e. The van der Waals surface area contributed by atoms with Crippen LogP contribution in [0, 0.1) is 0 Å². The molecule has 0 bridgehead atoms. The van der Waals surface area contributed by atoms with E-state index >= 15 is 0 Å². The molecule has 0 fully saturated rings. The summed E-state index contributed by atoms with van der Waals surface area (Å²) in [6, 6.07) is 22.9. The Balaban J connectivity index is 1.21. The summed E-state index contributed by atoms with van der Waals surface area (Å²) < 4.78 is 2.77. The number of benzene rings is 2. The molecule has 0 saturated carbocycles. The minimum absolute atomic E-state index is 0.259.